The summed E-state index contributed by atoms with van der Waals surface area (Å²) in [7, 11) is 1.85. The molecule has 1 atom stereocenters. The van der Waals surface area contributed by atoms with E-state index in [1.54, 1.807) is 4.68 Å². The average molecular weight is 266 g/mol. The van der Waals surface area contributed by atoms with Gasteiger partial charge in [-0.3, -0.25) is 9.48 Å². The molecule has 19 heavy (non-hydrogen) atoms. The van der Waals surface area contributed by atoms with Crippen molar-refractivity contribution in [2.45, 2.75) is 32.7 Å². The molecule has 1 fully saturated rings. The zero-order chi connectivity index (χ0) is 13.8. The van der Waals surface area contributed by atoms with Crippen molar-refractivity contribution in [1.29, 1.82) is 0 Å². The van der Waals surface area contributed by atoms with Crippen LogP contribution in [0.4, 0.5) is 0 Å². The number of carbonyl (C=O) groups excluding carboxylic acids is 1. The summed E-state index contributed by atoms with van der Waals surface area (Å²) in [5.41, 5.74) is 0. The summed E-state index contributed by atoms with van der Waals surface area (Å²) in [5.74, 6) is 1.23. The van der Waals surface area contributed by atoms with Gasteiger partial charge in [0, 0.05) is 26.2 Å². The van der Waals surface area contributed by atoms with Gasteiger partial charge >= 0.3 is 0 Å². The summed E-state index contributed by atoms with van der Waals surface area (Å²) in [6, 6.07) is -0.0946. The molecule has 1 aliphatic rings. The Hall–Kier alpha value is -1.43. The molecule has 0 unspecified atom stereocenters. The third-order valence-corrected chi connectivity index (χ3v) is 3.58. The highest BCUT2D eigenvalue weighted by Crippen LogP contribution is 2.21. The van der Waals surface area contributed by atoms with E-state index in [0.717, 1.165) is 18.7 Å². The summed E-state index contributed by atoms with van der Waals surface area (Å²) >= 11 is 0. The Bertz CT molecular complexity index is 424. The van der Waals surface area contributed by atoms with Crippen LogP contribution in [0.25, 0.3) is 0 Å². The molecule has 1 aromatic rings. The summed E-state index contributed by atoms with van der Waals surface area (Å²) in [5, 5.41) is 7.19. The van der Waals surface area contributed by atoms with Gasteiger partial charge in [-0.25, -0.2) is 4.98 Å². The van der Waals surface area contributed by atoms with Gasteiger partial charge in [-0.2, -0.15) is 5.10 Å². The maximum atomic E-state index is 12.3. The van der Waals surface area contributed by atoms with Crippen molar-refractivity contribution in [2.24, 2.45) is 18.9 Å². The fourth-order valence-corrected chi connectivity index (χ4v) is 2.35. The lowest BCUT2D eigenvalue weighted by Crippen LogP contribution is -2.39. The molecule has 0 bridgehead atoms. The molecule has 0 saturated carbocycles. The summed E-state index contributed by atoms with van der Waals surface area (Å²) < 4.78 is 7.00. The Balaban J connectivity index is 2.04. The molecule has 1 aliphatic heterocycles. The van der Waals surface area contributed by atoms with E-state index in [4.69, 9.17) is 4.74 Å². The first-order valence-electron chi connectivity index (χ1n) is 6.81. The van der Waals surface area contributed by atoms with Gasteiger partial charge in [-0.05, 0) is 18.8 Å². The Labute approximate surface area is 113 Å². The second-order valence-electron chi connectivity index (χ2n) is 5.36. The third kappa shape index (κ3) is 3.32. The van der Waals surface area contributed by atoms with Crippen LogP contribution in [-0.4, -0.2) is 33.9 Å². The van der Waals surface area contributed by atoms with E-state index in [1.807, 2.05) is 7.05 Å². The van der Waals surface area contributed by atoms with Gasteiger partial charge in [0.05, 0.1) is 6.04 Å². The number of nitrogens with zero attached hydrogens (tertiary/aromatic N) is 3. The molecule has 106 valence electrons. The molecular weight excluding hydrogens is 244 g/mol. The van der Waals surface area contributed by atoms with Crippen molar-refractivity contribution in [3.63, 3.8) is 0 Å². The molecule has 2 heterocycles. The Morgan fingerprint density at radius 1 is 1.47 bits per heavy atom. The van der Waals surface area contributed by atoms with E-state index in [2.05, 4.69) is 29.2 Å². The van der Waals surface area contributed by atoms with Crippen LogP contribution < -0.4 is 5.32 Å². The number of nitrogens with one attached hydrogen (secondary N) is 1. The van der Waals surface area contributed by atoms with E-state index in [9.17, 15) is 4.79 Å². The standard InChI is InChI=1S/C13H22N4O2/c1-9(2)11(12-14-8-15-17(12)3)16-13(18)10-4-6-19-7-5-10/h8-11H,4-7H2,1-3H3,(H,16,18)/t11-/m0/s1. The zero-order valence-corrected chi connectivity index (χ0v) is 11.8. The number of rotatable bonds is 4. The largest absolute Gasteiger partial charge is 0.381 e. The predicted octanol–water partition coefficient (Wildman–Crippen LogP) is 1.05. The minimum Gasteiger partial charge on any atom is -0.381 e. The van der Waals surface area contributed by atoms with Crippen molar-refractivity contribution in [3.8, 4) is 0 Å². The van der Waals surface area contributed by atoms with E-state index >= 15 is 0 Å². The zero-order valence-electron chi connectivity index (χ0n) is 11.8. The molecule has 1 aromatic heterocycles. The quantitative estimate of drug-likeness (QED) is 0.884. The molecular formula is C13H22N4O2. The Morgan fingerprint density at radius 3 is 2.68 bits per heavy atom. The fraction of sp³-hybridized carbons (Fsp3) is 0.769. The SMILES string of the molecule is CC(C)[C@H](NC(=O)C1CCOCC1)c1ncnn1C. The lowest BCUT2D eigenvalue weighted by atomic mass is 9.97. The maximum Gasteiger partial charge on any atom is 0.223 e. The molecule has 0 spiro atoms. The molecule has 6 heteroatoms. The highest BCUT2D eigenvalue weighted by Gasteiger charge is 2.27. The molecule has 1 N–H and O–H groups in total. The molecule has 2 rings (SSSR count). The van der Waals surface area contributed by atoms with Gasteiger partial charge < -0.3 is 10.1 Å². The predicted molar refractivity (Wildman–Crippen MR) is 70.3 cm³/mol. The van der Waals surface area contributed by atoms with Crippen molar-refractivity contribution in [2.75, 3.05) is 13.2 Å². The number of aryl methyl sites for hydroxylation is 1. The van der Waals surface area contributed by atoms with Gasteiger partial charge in [0.25, 0.3) is 0 Å². The van der Waals surface area contributed by atoms with Crippen molar-refractivity contribution in [3.05, 3.63) is 12.2 Å². The lowest BCUT2D eigenvalue weighted by molar-refractivity contribution is -0.129. The fourth-order valence-electron chi connectivity index (χ4n) is 2.35. The van der Waals surface area contributed by atoms with Crippen LogP contribution in [0.1, 0.15) is 38.6 Å². The van der Waals surface area contributed by atoms with Crippen LogP contribution >= 0.6 is 0 Å². The number of ether oxygens (including phenoxy) is 1. The highest BCUT2D eigenvalue weighted by atomic mass is 16.5. The monoisotopic (exact) mass is 266 g/mol. The average Bonchev–Trinajstić information content (AvgIpc) is 2.82. The molecule has 1 saturated heterocycles. The molecule has 6 nitrogen and oxygen atoms in total. The van der Waals surface area contributed by atoms with Crippen LogP contribution in [-0.2, 0) is 16.6 Å². The van der Waals surface area contributed by atoms with Gasteiger partial charge in [0.15, 0.2) is 0 Å². The van der Waals surface area contributed by atoms with Crippen molar-refractivity contribution in [1.82, 2.24) is 20.1 Å². The van der Waals surface area contributed by atoms with E-state index in [-0.39, 0.29) is 23.8 Å². The number of aromatic nitrogens is 3. The second-order valence-corrected chi connectivity index (χ2v) is 5.36. The van der Waals surface area contributed by atoms with Crippen LogP contribution in [0, 0.1) is 11.8 Å². The first-order valence-corrected chi connectivity index (χ1v) is 6.81. The first-order chi connectivity index (χ1) is 9.09. The molecule has 1 amide bonds. The van der Waals surface area contributed by atoms with E-state index < -0.39 is 0 Å². The van der Waals surface area contributed by atoms with Gasteiger partial charge in [-0.1, -0.05) is 13.8 Å². The number of hydrogen-bond acceptors (Lipinski definition) is 4. The van der Waals surface area contributed by atoms with Gasteiger partial charge in [-0.15, -0.1) is 0 Å². The molecule has 0 radical (unpaired) electrons. The minimum absolute atomic E-state index is 0.0585. The van der Waals surface area contributed by atoms with Crippen LogP contribution in [0.3, 0.4) is 0 Å². The third-order valence-electron chi connectivity index (χ3n) is 3.58. The van der Waals surface area contributed by atoms with E-state index in [1.165, 1.54) is 6.33 Å². The Morgan fingerprint density at radius 2 is 2.16 bits per heavy atom. The number of hydrogen-bond donors (Lipinski definition) is 1. The normalized spacial score (nSPS) is 18.5. The maximum absolute atomic E-state index is 12.3. The van der Waals surface area contributed by atoms with Crippen molar-refractivity contribution >= 4 is 5.91 Å². The van der Waals surface area contributed by atoms with Gasteiger partial charge in [0.1, 0.15) is 12.2 Å². The van der Waals surface area contributed by atoms with Crippen LogP contribution in [0.2, 0.25) is 0 Å². The summed E-state index contributed by atoms with van der Waals surface area (Å²) in [6.45, 7) is 5.50. The first kappa shape index (κ1) is 14.0. The van der Waals surface area contributed by atoms with E-state index in [0.29, 0.717) is 13.2 Å². The van der Waals surface area contributed by atoms with Crippen molar-refractivity contribution < 1.29 is 9.53 Å². The second kappa shape index (κ2) is 6.14. The van der Waals surface area contributed by atoms with Crippen LogP contribution in [0.15, 0.2) is 6.33 Å². The highest BCUT2D eigenvalue weighted by molar-refractivity contribution is 5.79. The van der Waals surface area contributed by atoms with Crippen LogP contribution in [0.5, 0.6) is 0 Å². The summed E-state index contributed by atoms with van der Waals surface area (Å²) in [4.78, 5) is 16.5. The smallest absolute Gasteiger partial charge is 0.223 e. The van der Waals surface area contributed by atoms with Gasteiger partial charge in [0.2, 0.25) is 5.91 Å². The molecule has 0 aliphatic carbocycles. The lowest BCUT2D eigenvalue weighted by Gasteiger charge is -2.26. The summed E-state index contributed by atoms with van der Waals surface area (Å²) in [6.07, 6.45) is 3.12. The number of carbonyl (C=O) groups is 1. The molecule has 0 aromatic carbocycles. The minimum atomic E-state index is -0.0946. The number of amides is 1. The Kier molecular flexibility index (Phi) is 4.52. The topological polar surface area (TPSA) is 69.0 Å².